The molecule has 10 heteroatoms. The van der Waals surface area contributed by atoms with E-state index in [0.717, 1.165) is 33.2 Å². The Hall–Kier alpha value is -4.15. The molecule has 0 aliphatic carbocycles. The third kappa shape index (κ3) is 8.98. The van der Waals surface area contributed by atoms with E-state index in [4.69, 9.17) is 0 Å². The summed E-state index contributed by atoms with van der Waals surface area (Å²) < 4.78 is 44.4. The van der Waals surface area contributed by atoms with Crippen LogP contribution in [0, 0.1) is 12.7 Å². The second-order valence-electron chi connectivity index (χ2n) is 11.0. The van der Waals surface area contributed by atoms with Crippen LogP contribution in [0.25, 0.3) is 0 Å². The molecular weight excluding hydrogens is 622 g/mol. The first-order chi connectivity index (χ1) is 22.1. The van der Waals surface area contributed by atoms with E-state index in [1.807, 2.05) is 50.4 Å². The molecule has 0 aliphatic rings. The highest BCUT2D eigenvalue weighted by molar-refractivity contribution is 7.98. The van der Waals surface area contributed by atoms with Gasteiger partial charge in [-0.1, -0.05) is 79.6 Å². The summed E-state index contributed by atoms with van der Waals surface area (Å²) in [6, 6.07) is 27.6. The van der Waals surface area contributed by atoms with Gasteiger partial charge in [-0.25, -0.2) is 12.8 Å². The maximum absolute atomic E-state index is 15.0. The highest BCUT2D eigenvalue weighted by Crippen LogP contribution is 2.27. The summed E-state index contributed by atoms with van der Waals surface area (Å²) in [4.78, 5) is 30.5. The fourth-order valence-electron chi connectivity index (χ4n) is 4.98. The zero-order valence-electron chi connectivity index (χ0n) is 26.4. The number of halogens is 1. The van der Waals surface area contributed by atoms with E-state index < -0.39 is 34.3 Å². The van der Waals surface area contributed by atoms with Crippen molar-refractivity contribution >= 4 is 39.3 Å². The number of thioether (sulfide) groups is 1. The number of carbonyl (C=O) groups is 2. The lowest BCUT2D eigenvalue weighted by atomic mass is 10.0. The van der Waals surface area contributed by atoms with Crippen LogP contribution in [0.15, 0.2) is 113 Å². The zero-order chi connectivity index (χ0) is 33.1. The molecule has 0 spiro atoms. The number of amides is 2. The highest BCUT2D eigenvalue weighted by atomic mass is 32.2. The van der Waals surface area contributed by atoms with Crippen molar-refractivity contribution in [1.29, 1.82) is 0 Å². The molecule has 46 heavy (non-hydrogen) atoms. The summed E-state index contributed by atoms with van der Waals surface area (Å²) >= 11 is 1.49. The molecular formula is C36H40FN3O4S2. The molecule has 0 unspecified atom stereocenters. The summed E-state index contributed by atoms with van der Waals surface area (Å²) in [5, 5.41) is 2.94. The van der Waals surface area contributed by atoms with Crippen molar-refractivity contribution in [2.75, 3.05) is 23.7 Å². The van der Waals surface area contributed by atoms with Gasteiger partial charge < -0.3 is 10.2 Å². The topological polar surface area (TPSA) is 86.8 Å². The SMILES string of the molecule is CCCCNC(=O)[C@@H](Cc1ccccc1)N(Cc1ccccc1F)C(=O)CN(c1ccc(C)cc1)S(=O)(=O)c1ccc(SC)cc1. The minimum atomic E-state index is -4.22. The summed E-state index contributed by atoms with van der Waals surface area (Å²) in [6.45, 7) is 3.48. The largest absolute Gasteiger partial charge is 0.354 e. The van der Waals surface area contributed by atoms with Gasteiger partial charge in [0.25, 0.3) is 10.0 Å². The van der Waals surface area contributed by atoms with Crippen molar-refractivity contribution in [2.45, 2.75) is 55.5 Å². The van der Waals surface area contributed by atoms with E-state index in [2.05, 4.69) is 5.32 Å². The molecule has 4 aromatic carbocycles. The van der Waals surface area contributed by atoms with Gasteiger partial charge in [-0.3, -0.25) is 13.9 Å². The third-order valence-electron chi connectivity index (χ3n) is 7.65. The van der Waals surface area contributed by atoms with E-state index >= 15 is 4.39 Å². The van der Waals surface area contributed by atoms with Gasteiger partial charge in [0, 0.05) is 30.0 Å². The Balaban J connectivity index is 1.79. The van der Waals surface area contributed by atoms with Crippen LogP contribution in [0.4, 0.5) is 10.1 Å². The van der Waals surface area contributed by atoms with Gasteiger partial charge in [-0.2, -0.15) is 0 Å². The number of anilines is 1. The minimum absolute atomic E-state index is 0.0254. The first kappa shape index (κ1) is 34.7. The van der Waals surface area contributed by atoms with E-state index in [1.54, 1.807) is 54.6 Å². The van der Waals surface area contributed by atoms with Gasteiger partial charge >= 0.3 is 0 Å². The average Bonchev–Trinajstić information content (AvgIpc) is 3.07. The number of hydrogen-bond acceptors (Lipinski definition) is 5. The van der Waals surface area contributed by atoms with Gasteiger partial charge in [0.2, 0.25) is 11.8 Å². The second-order valence-corrected chi connectivity index (χ2v) is 13.7. The molecule has 1 N–H and O–H groups in total. The summed E-state index contributed by atoms with van der Waals surface area (Å²) in [7, 11) is -4.22. The summed E-state index contributed by atoms with van der Waals surface area (Å²) in [5.74, 6) is -1.55. The van der Waals surface area contributed by atoms with Crippen LogP contribution in [0.3, 0.4) is 0 Å². The normalized spacial score (nSPS) is 11.9. The maximum atomic E-state index is 15.0. The smallest absolute Gasteiger partial charge is 0.264 e. The monoisotopic (exact) mass is 661 g/mol. The van der Waals surface area contributed by atoms with Gasteiger partial charge in [-0.15, -0.1) is 11.8 Å². The standard InChI is InChI=1S/C36H40FN3O4S2/c1-4-5-23-38-36(42)34(24-28-11-7-6-8-12-28)39(25-29-13-9-10-14-33(29)37)35(41)26-40(30-17-15-27(2)16-18-30)46(43,44)32-21-19-31(45-3)20-22-32/h6-22,34H,4-5,23-26H2,1-3H3,(H,38,42)/t34-/m1/s1. The number of benzene rings is 4. The summed E-state index contributed by atoms with van der Waals surface area (Å²) in [5.41, 5.74) is 2.24. The lowest BCUT2D eigenvalue weighted by molar-refractivity contribution is -0.140. The molecule has 0 aliphatic heterocycles. The number of nitrogens with one attached hydrogen (secondary N) is 1. The molecule has 2 amide bonds. The first-order valence-corrected chi connectivity index (χ1v) is 17.9. The number of sulfonamides is 1. The third-order valence-corrected chi connectivity index (χ3v) is 10.2. The lowest BCUT2D eigenvalue weighted by Crippen LogP contribution is -2.53. The minimum Gasteiger partial charge on any atom is -0.354 e. The molecule has 0 radical (unpaired) electrons. The number of unbranched alkanes of at least 4 members (excludes halogenated alkanes) is 1. The highest BCUT2D eigenvalue weighted by Gasteiger charge is 2.35. The van der Waals surface area contributed by atoms with Crippen molar-refractivity contribution in [2.24, 2.45) is 0 Å². The Labute approximate surface area is 275 Å². The van der Waals surface area contributed by atoms with E-state index in [-0.39, 0.29) is 29.3 Å². The van der Waals surface area contributed by atoms with Crippen LogP contribution in [-0.2, 0) is 32.6 Å². The van der Waals surface area contributed by atoms with Gasteiger partial charge in [0.05, 0.1) is 10.6 Å². The van der Waals surface area contributed by atoms with Crippen LogP contribution in [0.2, 0.25) is 0 Å². The Morgan fingerprint density at radius 2 is 1.54 bits per heavy atom. The molecule has 4 aromatic rings. The molecule has 0 heterocycles. The van der Waals surface area contributed by atoms with Crippen LogP contribution in [0.5, 0.6) is 0 Å². The number of aryl methyl sites for hydroxylation is 1. The maximum Gasteiger partial charge on any atom is 0.264 e. The molecule has 0 saturated heterocycles. The van der Waals surface area contributed by atoms with E-state index in [9.17, 15) is 18.0 Å². The predicted molar refractivity (Wildman–Crippen MR) is 183 cm³/mol. The van der Waals surface area contributed by atoms with Crippen LogP contribution >= 0.6 is 11.8 Å². The molecule has 7 nitrogen and oxygen atoms in total. The van der Waals surface area contributed by atoms with E-state index in [0.29, 0.717) is 12.2 Å². The molecule has 0 bridgehead atoms. The Kier molecular flexibility index (Phi) is 12.4. The number of carbonyl (C=O) groups excluding carboxylic acids is 2. The van der Waals surface area contributed by atoms with Crippen molar-refractivity contribution < 1.29 is 22.4 Å². The van der Waals surface area contributed by atoms with Gasteiger partial charge in [0.15, 0.2) is 0 Å². The second kappa shape index (κ2) is 16.4. The van der Waals surface area contributed by atoms with Gasteiger partial charge in [-0.05, 0) is 67.6 Å². The van der Waals surface area contributed by atoms with Crippen LogP contribution < -0.4 is 9.62 Å². The fourth-order valence-corrected chi connectivity index (χ4v) is 6.81. The average molecular weight is 662 g/mol. The molecule has 242 valence electrons. The summed E-state index contributed by atoms with van der Waals surface area (Å²) in [6.07, 6.45) is 3.67. The zero-order valence-corrected chi connectivity index (χ0v) is 28.0. The predicted octanol–water partition coefficient (Wildman–Crippen LogP) is 6.61. The van der Waals surface area contributed by atoms with Gasteiger partial charge in [0.1, 0.15) is 18.4 Å². The number of rotatable bonds is 15. The molecule has 0 fully saturated rings. The first-order valence-electron chi connectivity index (χ1n) is 15.2. The Morgan fingerprint density at radius 1 is 0.891 bits per heavy atom. The number of hydrogen-bond donors (Lipinski definition) is 1. The van der Waals surface area contributed by atoms with Crippen molar-refractivity contribution in [3.63, 3.8) is 0 Å². The van der Waals surface area contributed by atoms with Crippen LogP contribution in [-0.4, -0.2) is 50.5 Å². The molecule has 4 rings (SSSR count). The van der Waals surface area contributed by atoms with Crippen molar-refractivity contribution in [3.8, 4) is 0 Å². The van der Waals surface area contributed by atoms with Crippen LogP contribution in [0.1, 0.15) is 36.5 Å². The van der Waals surface area contributed by atoms with Crippen molar-refractivity contribution in [3.05, 3.63) is 126 Å². The van der Waals surface area contributed by atoms with Crippen molar-refractivity contribution in [1.82, 2.24) is 10.2 Å². The fraction of sp³-hybridized carbons (Fsp3) is 0.278. The molecule has 0 saturated carbocycles. The lowest BCUT2D eigenvalue weighted by Gasteiger charge is -2.34. The quantitative estimate of drug-likeness (QED) is 0.115. The number of nitrogens with zero attached hydrogens (tertiary/aromatic N) is 2. The Bertz CT molecular complexity index is 1700. The van der Waals surface area contributed by atoms with E-state index in [1.165, 1.54) is 34.9 Å². The Morgan fingerprint density at radius 3 is 2.17 bits per heavy atom. The molecule has 0 aromatic heterocycles. The molecule has 1 atom stereocenters.